The summed E-state index contributed by atoms with van der Waals surface area (Å²) >= 11 is 0. The molecule has 0 aromatic heterocycles. The summed E-state index contributed by atoms with van der Waals surface area (Å²) < 4.78 is 0. The predicted octanol–water partition coefficient (Wildman–Crippen LogP) is 2.03. The first-order valence-corrected chi connectivity index (χ1v) is 8.18. The molecule has 0 saturated carbocycles. The maximum atomic E-state index is 12.3. The van der Waals surface area contributed by atoms with Crippen molar-refractivity contribution in [2.75, 3.05) is 6.54 Å². The molecule has 0 aliphatic carbocycles. The van der Waals surface area contributed by atoms with Gasteiger partial charge in [0.2, 0.25) is 5.91 Å². The van der Waals surface area contributed by atoms with E-state index in [0.29, 0.717) is 12.0 Å². The quantitative estimate of drug-likeness (QED) is 0.686. The van der Waals surface area contributed by atoms with Gasteiger partial charge in [0, 0.05) is 12.1 Å². The van der Waals surface area contributed by atoms with Crippen molar-refractivity contribution in [2.45, 2.75) is 52.7 Å². The van der Waals surface area contributed by atoms with Gasteiger partial charge < -0.3 is 15.7 Å². The van der Waals surface area contributed by atoms with Crippen LogP contribution in [0.1, 0.15) is 49.5 Å². The highest BCUT2D eigenvalue weighted by molar-refractivity contribution is 5.97. The number of hydrogen-bond donors (Lipinski definition) is 3. The van der Waals surface area contributed by atoms with Crippen molar-refractivity contribution in [1.82, 2.24) is 10.6 Å². The molecule has 0 heterocycles. The van der Waals surface area contributed by atoms with Crippen LogP contribution in [0, 0.1) is 12.8 Å². The fourth-order valence-corrected chi connectivity index (χ4v) is 2.23. The van der Waals surface area contributed by atoms with Crippen molar-refractivity contribution < 1.29 is 14.7 Å². The molecule has 0 radical (unpaired) electrons. The van der Waals surface area contributed by atoms with Crippen LogP contribution in [0.4, 0.5) is 0 Å². The van der Waals surface area contributed by atoms with E-state index in [1.54, 1.807) is 12.1 Å². The first-order chi connectivity index (χ1) is 10.8. The van der Waals surface area contributed by atoms with E-state index in [1.165, 1.54) is 0 Å². The monoisotopic (exact) mass is 320 g/mol. The number of hydrogen-bond acceptors (Lipinski definition) is 3. The second-order valence-corrected chi connectivity index (χ2v) is 6.25. The maximum Gasteiger partial charge on any atom is 0.251 e. The highest BCUT2D eigenvalue weighted by Crippen LogP contribution is 2.07. The summed E-state index contributed by atoms with van der Waals surface area (Å²) in [5.41, 5.74) is 1.60. The van der Waals surface area contributed by atoms with E-state index in [0.717, 1.165) is 12.0 Å². The summed E-state index contributed by atoms with van der Waals surface area (Å²) in [5.74, 6) is -0.587. The molecule has 1 aromatic carbocycles. The Labute approximate surface area is 138 Å². The Morgan fingerprint density at radius 3 is 2.30 bits per heavy atom. The van der Waals surface area contributed by atoms with E-state index in [1.807, 2.05) is 39.8 Å². The van der Waals surface area contributed by atoms with Gasteiger partial charge in [-0.05, 0) is 31.4 Å². The molecule has 5 nitrogen and oxygen atoms in total. The molecule has 2 amide bonds. The maximum absolute atomic E-state index is 12.3. The van der Waals surface area contributed by atoms with E-state index < -0.39 is 12.1 Å². The Balaban J connectivity index is 2.65. The summed E-state index contributed by atoms with van der Waals surface area (Å²) in [7, 11) is 0. The van der Waals surface area contributed by atoms with Crippen LogP contribution in [0.15, 0.2) is 24.3 Å². The Bertz CT molecular complexity index is 512. The standard InChI is InChI=1S/C18H28N2O3/c1-5-6-15(21)11-19-18(23)16(12(2)3)20-17(22)14-9-7-13(4)8-10-14/h7-10,12,15-16,21H,5-6,11H2,1-4H3,(H,19,23)(H,20,22). The average molecular weight is 320 g/mol. The van der Waals surface area contributed by atoms with E-state index in [9.17, 15) is 14.7 Å². The molecule has 2 unspecified atom stereocenters. The van der Waals surface area contributed by atoms with Crippen LogP contribution in [0.25, 0.3) is 0 Å². The van der Waals surface area contributed by atoms with E-state index >= 15 is 0 Å². The molecule has 0 fully saturated rings. The molecule has 0 aliphatic rings. The van der Waals surface area contributed by atoms with Crippen LogP contribution in [0.3, 0.4) is 0 Å². The molecule has 0 saturated heterocycles. The normalized spacial score (nSPS) is 13.5. The fourth-order valence-electron chi connectivity index (χ4n) is 2.23. The minimum absolute atomic E-state index is 0.0484. The Morgan fingerprint density at radius 1 is 1.17 bits per heavy atom. The highest BCUT2D eigenvalue weighted by Gasteiger charge is 2.24. The summed E-state index contributed by atoms with van der Waals surface area (Å²) in [6, 6.07) is 6.58. The molecular formula is C18H28N2O3. The second kappa shape index (κ2) is 9.30. The Morgan fingerprint density at radius 2 is 1.78 bits per heavy atom. The van der Waals surface area contributed by atoms with Gasteiger partial charge in [0.15, 0.2) is 0 Å². The number of carbonyl (C=O) groups excluding carboxylic acids is 2. The number of carbonyl (C=O) groups is 2. The van der Waals surface area contributed by atoms with Crippen LogP contribution in [-0.4, -0.2) is 35.6 Å². The molecule has 5 heteroatoms. The molecule has 1 rings (SSSR count). The number of aryl methyl sites for hydroxylation is 1. The lowest BCUT2D eigenvalue weighted by atomic mass is 10.0. The Hall–Kier alpha value is -1.88. The zero-order chi connectivity index (χ0) is 17.4. The number of amides is 2. The van der Waals surface area contributed by atoms with E-state index in [-0.39, 0.29) is 24.3 Å². The van der Waals surface area contributed by atoms with Crippen LogP contribution < -0.4 is 10.6 Å². The van der Waals surface area contributed by atoms with Crippen molar-refractivity contribution in [2.24, 2.45) is 5.92 Å². The highest BCUT2D eigenvalue weighted by atomic mass is 16.3. The largest absolute Gasteiger partial charge is 0.391 e. The van der Waals surface area contributed by atoms with Gasteiger partial charge >= 0.3 is 0 Å². The van der Waals surface area contributed by atoms with Gasteiger partial charge in [0.05, 0.1) is 6.10 Å². The van der Waals surface area contributed by atoms with Crippen molar-refractivity contribution in [1.29, 1.82) is 0 Å². The summed E-state index contributed by atoms with van der Waals surface area (Å²) in [4.78, 5) is 24.6. The molecule has 3 N–H and O–H groups in total. The van der Waals surface area contributed by atoms with Crippen molar-refractivity contribution >= 4 is 11.8 Å². The first-order valence-electron chi connectivity index (χ1n) is 8.18. The minimum atomic E-state index is -0.627. The smallest absolute Gasteiger partial charge is 0.251 e. The summed E-state index contributed by atoms with van der Waals surface area (Å²) in [6.07, 6.45) is 0.946. The number of rotatable bonds is 8. The van der Waals surface area contributed by atoms with Gasteiger partial charge in [-0.3, -0.25) is 9.59 Å². The van der Waals surface area contributed by atoms with Crippen LogP contribution >= 0.6 is 0 Å². The summed E-state index contributed by atoms with van der Waals surface area (Å²) in [6.45, 7) is 7.89. The van der Waals surface area contributed by atoms with Crippen LogP contribution in [0.2, 0.25) is 0 Å². The molecule has 2 atom stereocenters. The Kier molecular flexibility index (Phi) is 7.75. The van der Waals surface area contributed by atoms with Gasteiger partial charge in [-0.15, -0.1) is 0 Å². The van der Waals surface area contributed by atoms with Gasteiger partial charge in [-0.2, -0.15) is 0 Å². The lowest BCUT2D eigenvalue weighted by Crippen LogP contribution is -2.51. The molecule has 1 aromatic rings. The first kappa shape index (κ1) is 19.2. The number of aliphatic hydroxyl groups is 1. The molecule has 0 aliphatic heterocycles. The third-order valence-corrected chi connectivity index (χ3v) is 3.68. The average Bonchev–Trinajstić information content (AvgIpc) is 2.50. The lowest BCUT2D eigenvalue weighted by molar-refractivity contribution is -0.124. The molecule has 23 heavy (non-hydrogen) atoms. The van der Waals surface area contributed by atoms with Crippen LogP contribution in [0.5, 0.6) is 0 Å². The number of benzene rings is 1. The van der Waals surface area contributed by atoms with Crippen LogP contribution in [-0.2, 0) is 4.79 Å². The second-order valence-electron chi connectivity index (χ2n) is 6.25. The number of aliphatic hydroxyl groups excluding tert-OH is 1. The molecule has 128 valence electrons. The lowest BCUT2D eigenvalue weighted by Gasteiger charge is -2.22. The van der Waals surface area contributed by atoms with E-state index in [2.05, 4.69) is 10.6 Å². The van der Waals surface area contributed by atoms with E-state index in [4.69, 9.17) is 0 Å². The van der Waals surface area contributed by atoms with Crippen molar-refractivity contribution in [3.8, 4) is 0 Å². The van der Waals surface area contributed by atoms with Crippen molar-refractivity contribution in [3.05, 3.63) is 35.4 Å². The molecule has 0 spiro atoms. The zero-order valence-corrected chi connectivity index (χ0v) is 14.4. The van der Waals surface area contributed by atoms with Gasteiger partial charge in [0.25, 0.3) is 5.91 Å². The third-order valence-electron chi connectivity index (χ3n) is 3.68. The molecule has 0 bridgehead atoms. The fraction of sp³-hybridized carbons (Fsp3) is 0.556. The zero-order valence-electron chi connectivity index (χ0n) is 14.4. The third kappa shape index (κ3) is 6.40. The minimum Gasteiger partial charge on any atom is -0.391 e. The molecular weight excluding hydrogens is 292 g/mol. The van der Waals surface area contributed by atoms with Gasteiger partial charge in [-0.25, -0.2) is 0 Å². The topological polar surface area (TPSA) is 78.4 Å². The predicted molar refractivity (Wildman–Crippen MR) is 91.2 cm³/mol. The number of nitrogens with one attached hydrogen (secondary N) is 2. The van der Waals surface area contributed by atoms with Gasteiger partial charge in [0.1, 0.15) is 6.04 Å². The SMILES string of the molecule is CCCC(O)CNC(=O)C(NC(=O)c1ccc(C)cc1)C(C)C. The van der Waals surface area contributed by atoms with Gasteiger partial charge in [-0.1, -0.05) is 44.9 Å². The summed E-state index contributed by atoms with van der Waals surface area (Å²) in [5, 5.41) is 15.2. The van der Waals surface area contributed by atoms with Crippen molar-refractivity contribution in [3.63, 3.8) is 0 Å².